The van der Waals surface area contributed by atoms with Gasteiger partial charge in [-0.25, -0.2) is 0 Å². The molecule has 1 atom stereocenters. The maximum Gasteiger partial charge on any atom is 0.177 e. The molecule has 3 heteroatoms. The Labute approximate surface area is 124 Å². The molecule has 0 saturated carbocycles. The predicted molar refractivity (Wildman–Crippen MR) is 81.4 cm³/mol. The van der Waals surface area contributed by atoms with E-state index in [4.69, 9.17) is 16.3 Å². The Bertz CT molecular complexity index is 607. The molecular formula is C17H17ClO2. The average molecular weight is 289 g/mol. The molecule has 0 aliphatic rings. The molecule has 0 heterocycles. The second kappa shape index (κ2) is 6.58. The average Bonchev–Trinajstić information content (AvgIpc) is 2.38. The fourth-order valence-electron chi connectivity index (χ4n) is 1.98. The number of ketones is 1. The molecule has 2 nitrogen and oxygen atoms in total. The molecule has 20 heavy (non-hydrogen) atoms. The van der Waals surface area contributed by atoms with Crippen molar-refractivity contribution < 1.29 is 9.53 Å². The van der Waals surface area contributed by atoms with E-state index in [1.807, 2.05) is 31.2 Å². The number of Topliss-reactive ketones (excluding diaryl/α,β-unsaturated/α-hetero) is 1. The molecule has 2 aromatic carbocycles. The number of hydrogen-bond acceptors (Lipinski definition) is 2. The lowest BCUT2D eigenvalue weighted by atomic mass is 10.0. The summed E-state index contributed by atoms with van der Waals surface area (Å²) in [4.78, 5) is 12.2. The molecule has 0 N–H and O–H groups in total. The van der Waals surface area contributed by atoms with E-state index in [1.165, 1.54) is 0 Å². The number of halogens is 1. The molecule has 0 spiro atoms. The van der Waals surface area contributed by atoms with E-state index in [-0.39, 0.29) is 5.78 Å². The Hall–Kier alpha value is -1.80. The van der Waals surface area contributed by atoms with Crippen LogP contribution in [0.4, 0.5) is 0 Å². The second-order valence-electron chi connectivity index (χ2n) is 4.85. The molecule has 0 radical (unpaired) electrons. The van der Waals surface area contributed by atoms with Crippen molar-refractivity contribution in [2.75, 3.05) is 0 Å². The van der Waals surface area contributed by atoms with Crippen molar-refractivity contribution in [2.45, 2.75) is 26.4 Å². The number of hydrogen-bond donors (Lipinski definition) is 0. The van der Waals surface area contributed by atoms with E-state index in [0.29, 0.717) is 17.2 Å². The van der Waals surface area contributed by atoms with Crippen LogP contribution in [0.1, 0.15) is 18.1 Å². The highest BCUT2D eigenvalue weighted by molar-refractivity contribution is 6.30. The Morgan fingerprint density at radius 2 is 1.95 bits per heavy atom. The molecule has 2 rings (SSSR count). The van der Waals surface area contributed by atoms with E-state index in [0.717, 1.165) is 11.1 Å². The summed E-state index contributed by atoms with van der Waals surface area (Å²) < 4.78 is 5.63. The summed E-state index contributed by atoms with van der Waals surface area (Å²) in [5, 5.41) is 0.598. The predicted octanol–water partition coefficient (Wildman–Crippen LogP) is 4.23. The van der Waals surface area contributed by atoms with E-state index in [2.05, 4.69) is 0 Å². The SMILES string of the molecule is Cc1cccc(CC(=O)C(C)Oc2cccc(Cl)c2)c1. The lowest BCUT2D eigenvalue weighted by Gasteiger charge is -2.14. The summed E-state index contributed by atoms with van der Waals surface area (Å²) in [7, 11) is 0. The van der Waals surface area contributed by atoms with Gasteiger partial charge in [-0.1, -0.05) is 47.5 Å². The summed E-state index contributed by atoms with van der Waals surface area (Å²) in [6, 6.07) is 15.0. The third-order valence-electron chi connectivity index (χ3n) is 3.02. The van der Waals surface area contributed by atoms with Crippen molar-refractivity contribution in [1.82, 2.24) is 0 Å². The van der Waals surface area contributed by atoms with Gasteiger partial charge in [0.25, 0.3) is 0 Å². The van der Waals surface area contributed by atoms with Crippen molar-refractivity contribution in [3.05, 3.63) is 64.7 Å². The smallest absolute Gasteiger partial charge is 0.177 e. The van der Waals surface area contributed by atoms with Gasteiger partial charge in [0.2, 0.25) is 0 Å². The lowest BCUT2D eigenvalue weighted by Crippen LogP contribution is -2.25. The zero-order valence-corrected chi connectivity index (χ0v) is 12.4. The van der Waals surface area contributed by atoms with Gasteiger partial charge in [-0.15, -0.1) is 0 Å². The Morgan fingerprint density at radius 3 is 2.65 bits per heavy atom. The third kappa shape index (κ3) is 4.10. The minimum atomic E-state index is -0.492. The van der Waals surface area contributed by atoms with Crippen LogP contribution in [0.25, 0.3) is 0 Å². The number of benzene rings is 2. The van der Waals surface area contributed by atoms with Crippen LogP contribution in [0, 0.1) is 6.92 Å². The summed E-state index contributed by atoms with van der Waals surface area (Å²) in [6.07, 6.45) is -0.113. The van der Waals surface area contributed by atoms with Crippen LogP contribution < -0.4 is 4.74 Å². The van der Waals surface area contributed by atoms with Gasteiger partial charge in [0, 0.05) is 11.4 Å². The number of rotatable bonds is 5. The fourth-order valence-corrected chi connectivity index (χ4v) is 2.16. The van der Waals surface area contributed by atoms with Crippen LogP contribution in [0.5, 0.6) is 5.75 Å². The molecular weight excluding hydrogens is 272 g/mol. The number of ether oxygens (including phenoxy) is 1. The third-order valence-corrected chi connectivity index (χ3v) is 3.26. The van der Waals surface area contributed by atoms with Crippen molar-refractivity contribution in [3.8, 4) is 5.75 Å². The topological polar surface area (TPSA) is 26.3 Å². The van der Waals surface area contributed by atoms with E-state index in [9.17, 15) is 4.79 Å². The second-order valence-corrected chi connectivity index (χ2v) is 5.29. The largest absolute Gasteiger partial charge is 0.483 e. The molecule has 2 aromatic rings. The highest BCUT2D eigenvalue weighted by atomic mass is 35.5. The summed E-state index contributed by atoms with van der Waals surface area (Å²) in [5.74, 6) is 0.665. The number of carbonyl (C=O) groups is 1. The minimum Gasteiger partial charge on any atom is -0.483 e. The van der Waals surface area contributed by atoms with Gasteiger partial charge < -0.3 is 4.74 Å². The van der Waals surface area contributed by atoms with Crippen LogP contribution in [0.3, 0.4) is 0 Å². The molecule has 0 bridgehead atoms. The van der Waals surface area contributed by atoms with Crippen molar-refractivity contribution in [2.24, 2.45) is 0 Å². The van der Waals surface area contributed by atoms with Crippen LogP contribution in [-0.2, 0) is 11.2 Å². The summed E-state index contributed by atoms with van der Waals surface area (Å²) in [6.45, 7) is 3.78. The highest BCUT2D eigenvalue weighted by Crippen LogP contribution is 2.19. The molecule has 0 aliphatic carbocycles. The molecule has 0 aromatic heterocycles. The molecule has 1 unspecified atom stereocenters. The van der Waals surface area contributed by atoms with Gasteiger partial charge in [0.05, 0.1) is 0 Å². The van der Waals surface area contributed by atoms with Crippen molar-refractivity contribution in [3.63, 3.8) is 0 Å². The van der Waals surface area contributed by atoms with Gasteiger partial charge in [0.1, 0.15) is 5.75 Å². The molecule has 0 fully saturated rings. The van der Waals surface area contributed by atoms with E-state index in [1.54, 1.807) is 31.2 Å². The first-order valence-electron chi connectivity index (χ1n) is 6.55. The molecule has 104 valence electrons. The van der Waals surface area contributed by atoms with Crippen LogP contribution in [0.2, 0.25) is 5.02 Å². The maximum atomic E-state index is 12.2. The maximum absolute atomic E-state index is 12.2. The number of aryl methyl sites for hydroxylation is 1. The number of carbonyl (C=O) groups excluding carboxylic acids is 1. The first kappa shape index (κ1) is 14.6. The summed E-state index contributed by atoms with van der Waals surface area (Å²) in [5.41, 5.74) is 2.16. The van der Waals surface area contributed by atoms with Gasteiger partial charge in [-0.3, -0.25) is 4.79 Å². The van der Waals surface area contributed by atoms with Gasteiger partial charge in [-0.2, -0.15) is 0 Å². The first-order chi connectivity index (χ1) is 9.54. The molecule has 0 amide bonds. The van der Waals surface area contributed by atoms with Crippen molar-refractivity contribution in [1.29, 1.82) is 0 Å². The van der Waals surface area contributed by atoms with E-state index < -0.39 is 6.10 Å². The Morgan fingerprint density at radius 1 is 1.20 bits per heavy atom. The molecule has 0 aliphatic heterocycles. The fraction of sp³-hybridized carbons (Fsp3) is 0.235. The van der Waals surface area contributed by atoms with Crippen molar-refractivity contribution >= 4 is 17.4 Å². The van der Waals surface area contributed by atoms with Crippen LogP contribution >= 0.6 is 11.6 Å². The standard InChI is InChI=1S/C17H17ClO2/c1-12-5-3-6-14(9-12)10-17(19)13(2)20-16-8-4-7-15(18)11-16/h3-9,11,13H,10H2,1-2H3. The van der Waals surface area contributed by atoms with Gasteiger partial charge in [0.15, 0.2) is 11.9 Å². The van der Waals surface area contributed by atoms with Gasteiger partial charge >= 0.3 is 0 Å². The Kier molecular flexibility index (Phi) is 4.80. The van der Waals surface area contributed by atoms with Crippen LogP contribution in [-0.4, -0.2) is 11.9 Å². The zero-order chi connectivity index (χ0) is 14.5. The van der Waals surface area contributed by atoms with E-state index >= 15 is 0 Å². The minimum absolute atomic E-state index is 0.0515. The quantitative estimate of drug-likeness (QED) is 0.823. The first-order valence-corrected chi connectivity index (χ1v) is 6.93. The Balaban J connectivity index is 1.98. The zero-order valence-electron chi connectivity index (χ0n) is 11.6. The van der Waals surface area contributed by atoms with Gasteiger partial charge in [-0.05, 0) is 37.6 Å². The summed E-state index contributed by atoms with van der Waals surface area (Å²) >= 11 is 5.89. The monoisotopic (exact) mass is 288 g/mol. The lowest BCUT2D eigenvalue weighted by molar-refractivity contribution is -0.124. The highest BCUT2D eigenvalue weighted by Gasteiger charge is 2.15. The molecule has 0 saturated heterocycles. The normalized spacial score (nSPS) is 11.9. The van der Waals surface area contributed by atoms with Crippen LogP contribution in [0.15, 0.2) is 48.5 Å².